The molecule has 0 saturated heterocycles. The van der Waals surface area contributed by atoms with E-state index in [4.69, 9.17) is 14.3 Å². The van der Waals surface area contributed by atoms with Crippen molar-refractivity contribution in [3.63, 3.8) is 0 Å². The predicted molar refractivity (Wildman–Crippen MR) is 175 cm³/mol. The maximum Gasteiger partial charge on any atom is 0.135 e. The molecule has 0 N–H and O–H groups in total. The minimum absolute atomic E-state index is 0.0135. The Hall–Kier alpha value is -5.60. The maximum absolute atomic E-state index is 9.70. The Morgan fingerprint density at radius 2 is 1.21 bits per heavy atom. The number of para-hydroxylation sites is 3. The third-order valence-corrected chi connectivity index (χ3v) is 7.88. The van der Waals surface area contributed by atoms with Crippen molar-refractivity contribution in [1.82, 2.24) is 4.57 Å². The summed E-state index contributed by atoms with van der Waals surface area (Å²) in [6.45, 7) is 0. The van der Waals surface area contributed by atoms with Crippen molar-refractivity contribution in [2.45, 2.75) is 0 Å². The normalized spacial score (nSPS) is 15.0. The Bertz CT molecular complexity index is 2830. The number of hydrogen-bond acceptors (Lipinski definition) is 1. The van der Waals surface area contributed by atoms with Crippen molar-refractivity contribution in [3.8, 4) is 50.6 Å². The Labute approximate surface area is 256 Å². The fraction of sp³-hybridized carbons (Fsp3) is 0. The first-order valence-corrected chi connectivity index (χ1v) is 13.6. The molecule has 8 aromatic rings. The molecule has 2 heterocycles. The van der Waals surface area contributed by atoms with Gasteiger partial charge in [-0.25, -0.2) is 0 Å². The summed E-state index contributed by atoms with van der Waals surface area (Å²) in [5, 5.41) is 1.76. The fourth-order valence-electron chi connectivity index (χ4n) is 6.09. The molecular weight excluding hydrogens is 510 g/mol. The zero-order valence-corrected chi connectivity index (χ0v) is 22.1. The molecule has 196 valence electrons. The van der Waals surface area contributed by atoms with Crippen LogP contribution in [0.2, 0.25) is 0 Å². The van der Waals surface area contributed by atoms with E-state index in [1.54, 1.807) is 30.3 Å². The van der Waals surface area contributed by atoms with E-state index in [0.717, 1.165) is 27.5 Å². The second kappa shape index (κ2) is 8.95. The zero-order valence-electron chi connectivity index (χ0n) is 31.1. The molecule has 9 rings (SSSR count). The lowest BCUT2D eigenvalue weighted by Crippen LogP contribution is -1.97. The van der Waals surface area contributed by atoms with Gasteiger partial charge in [0.2, 0.25) is 0 Å². The molecule has 0 saturated carbocycles. The highest BCUT2D eigenvalue weighted by Gasteiger charge is 2.21. The first kappa shape index (κ1) is 16.0. The van der Waals surface area contributed by atoms with Gasteiger partial charge >= 0.3 is 0 Å². The van der Waals surface area contributed by atoms with Gasteiger partial charge in [-0.15, -0.1) is 0 Å². The summed E-state index contributed by atoms with van der Waals surface area (Å²) in [5.41, 5.74) is 3.58. The van der Waals surface area contributed by atoms with Crippen LogP contribution in [0.25, 0.3) is 71.6 Å². The first-order chi connectivity index (χ1) is 24.6. The summed E-state index contributed by atoms with van der Waals surface area (Å²) in [4.78, 5) is 0. The standard InChI is InChI=1S/C40H25NO/c1-2-13-28(14-3-1)41-35-20-6-4-16-34(35)39-30(17-10-21-36(39)41)27-12-8-11-26(25-27)29-23-24-38-40-32(29)18-9-19-33(40)31-15-5-7-22-37(31)42-38/h1-25H/i8D,9D,11D,12D,18D,19D,23D,24D,25D. The van der Waals surface area contributed by atoms with E-state index in [1.165, 1.54) is 0 Å². The van der Waals surface area contributed by atoms with Crippen molar-refractivity contribution >= 4 is 32.6 Å². The van der Waals surface area contributed by atoms with Crippen molar-refractivity contribution in [2.75, 3.05) is 0 Å². The molecule has 0 spiro atoms. The van der Waals surface area contributed by atoms with Gasteiger partial charge in [0.1, 0.15) is 11.5 Å². The summed E-state index contributed by atoms with van der Waals surface area (Å²) in [7, 11) is 0. The molecule has 0 aliphatic carbocycles. The van der Waals surface area contributed by atoms with E-state index < -0.39 is 30.2 Å². The van der Waals surface area contributed by atoms with E-state index >= 15 is 0 Å². The average molecular weight is 545 g/mol. The average Bonchev–Trinajstić information content (AvgIpc) is 3.49. The highest BCUT2D eigenvalue weighted by molar-refractivity contribution is 6.16. The molecule has 2 heteroatoms. The van der Waals surface area contributed by atoms with Crippen LogP contribution in [0.5, 0.6) is 11.5 Å². The minimum Gasteiger partial charge on any atom is -0.456 e. The van der Waals surface area contributed by atoms with E-state index in [-0.39, 0.29) is 62.9 Å². The van der Waals surface area contributed by atoms with Gasteiger partial charge in [0.15, 0.2) is 0 Å². The Kier molecular flexibility index (Phi) is 3.41. The van der Waals surface area contributed by atoms with Crippen LogP contribution >= 0.6 is 0 Å². The summed E-state index contributed by atoms with van der Waals surface area (Å²) < 4.78 is 90.3. The van der Waals surface area contributed by atoms with Crippen LogP contribution in [0.3, 0.4) is 0 Å². The predicted octanol–water partition coefficient (Wildman–Crippen LogP) is 11.0. The van der Waals surface area contributed by atoms with Gasteiger partial charge in [-0.1, -0.05) is 109 Å². The molecule has 0 atom stereocenters. The van der Waals surface area contributed by atoms with E-state index in [1.807, 2.05) is 66.7 Å². The van der Waals surface area contributed by atoms with Gasteiger partial charge in [-0.05, 0) is 75.6 Å². The summed E-state index contributed by atoms with van der Waals surface area (Å²) in [6.07, 6.45) is 0. The van der Waals surface area contributed by atoms with Crippen molar-refractivity contribution in [3.05, 3.63) is 151 Å². The number of aromatic nitrogens is 1. The van der Waals surface area contributed by atoms with Crippen LogP contribution in [0.1, 0.15) is 12.3 Å². The lowest BCUT2D eigenvalue weighted by Gasteiger charge is -2.22. The van der Waals surface area contributed by atoms with E-state index in [0.29, 0.717) is 16.9 Å². The summed E-state index contributed by atoms with van der Waals surface area (Å²) in [5.74, 6) is 0.298. The SMILES string of the molecule is [2H]c1c([2H])c(-c2c([2H])c([2H])c3c4c(c([2H])c([2H])c([2H])c24)-c2ccccc2O3)c([2H])c(-c2cccc3c2c2ccccc2n3-c2ccccc2)c1[2H]. The molecule has 0 fully saturated rings. The third-order valence-electron chi connectivity index (χ3n) is 7.88. The Morgan fingerprint density at radius 3 is 2.14 bits per heavy atom. The summed E-state index contributed by atoms with van der Waals surface area (Å²) >= 11 is 0. The van der Waals surface area contributed by atoms with E-state index in [2.05, 4.69) is 4.57 Å². The second-order valence-electron chi connectivity index (χ2n) is 10.2. The van der Waals surface area contributed by atoms with Crippen LogP contribution in [-0.2, 0) is 0 Å². The lowest BCUT2D eigenvalue weighted by atomic mass is 9.89. The zero-order chi connectivity index (χ0) is 35.5. The molecule has 0 unspecified atom stereocenters. The Morgan fingerprint density at radius 1 is 0.476 bits per heavy atom. The van der Waals surface area contributed by atoms with Gasteiger partial charge in [-0.2, -0.15) is 0 Å². The number of fused-ring (bicyclic) bond motifs is 5. The maximum atomic E-state index is 9.70. The molecule has 0 radical (unpaired) electrons. The van der Waals surface area contributed by atoms with Gasteiger partial charge in [0.25, 0.3) is 0 Å². The van der Waals surface area contributed by atoms with Crippen LogP contribution in [-0.4, -0.2) is 4.57 Å². The molecule has 0 amide bonds. The molecule has 0 bridgehead atoms. The first-order valence-electron chi connectivity index (χ1n) is 18.1. The molecule has 1 aromatic heterocycles. The Balaban J connectivity index is 1.43. The molecule has 42 heavy (non-hydrogen) atoms. The van der Waals surface area contributed by atoms with Crippen LogP contribution < -0.4 is 4.74 Å². The van der Waals surface area contributed by atoms with Crippen LogP contribution in [0.15, 0.2) is 151 Å². The van der Waals surface area contributed by atoms with Gasteiger partial charge in [-0.3, -0.25) is 0 Å². The third kappa shape index (κ3) is 3.33. The van der Waals surface area contributed by atoms with Gasteiger partial charge in [0.05, 0.1) is 23.4 Å². The van der Waals surface area contributed by atoms with Crippen molar-refractivity contribution < 1.29 is 17.1 Å². The van der Waals surface area contributed by atoms with Crippen LogP contribution in [0.4, 0.5) is 0 Å². The monoisotopic (exact) mass is 544 g/mol. The largest absolute Gasteiger partial charge is 0.456 e. The topological polar surface area (TPSA) is 14.2 Å². The van der Waals surface area contributed by atoms with Crippen molar-refractivity contribution in [1.29, 1.82) is 0 Å². The number of nitrogens with zero attached hydrogens (tertiary/aromatic N) is 1. The highest BCUT2D eigenvalue weighted by atomic mass is 16.5. The lowest BCUT2D eigenvalue weighted by molar-refractivity contribution is 0.487. The molecular formula is C40H25NO. The highest BCUT2D eigenvalue weighted by Crippen LogP contribution is 2.48. The molecule has 1 aliphatic rings. The van der Waals surface area contributed by atoms with Crippen molar-refractivity contribution in [2.24, 2.45) is 0 Å². The number of hydrogen-bond donors (Lipinski definition) is 0. The minimum atomic E-state index is -0.504. The summed E-state index contributed by atoms with van der Waals surface area (Å²) in [6, 6.07) is 26.6. The fourth-order valence-corrected chi connectivity index (χ4v) is 6.09. The molecule has 7 aromatic carbocycles. The quantitative estimate of drug-likeness (QED) is 0.216. The number of rotatable bonds is 3. The van der Waals surface area contributed by atoms with Crippen LogP contribution in [0, 0.1) is 0 Å². The molecule has 1 aliphatic heterocycles. The smallest absolute Gasteiger partial charge is 0.135 e. The molecule has 2 nitrogen and oxygen atoms in total. The van der Waals surface area contributed by atoms with E-state index in [9.17, 15) is 2.74 Å². The van der Waals surface area contributed by atoms with Gasteiger partial charge in [0, 0.05) is 27.4 Å². The second-order valence-corrected chi connectivity index (χ2v) is 10.2. The number of benzene rings is 7. The van der Waals surface area contributed by atoms with Gasteiger partial charge < -0.3 is 9.30 Å². The number of ether oxygens (including phenoxy) is 1.